The second kappa shape index (κ2) is 5.41. The zero-order valence-corrected chi connectivity index (χ0v) is 9.61. The van der Waals surface area contributed by atoms with Gasteiger partial charge in [-0.3, -0.25) is 0 Å². The molecule has 0 saturated heterocycles. The van der Waals surface area contributed by atoms with Crippen molar-refractivity contribution in [2.24, 2.45) is 0 Å². The number of benzene rings is 1. The van der Waals surface area contributed by atoms with Crippen LogP contribution in [0.15, 0.2) is 34.9 Å². The Hall–Kier alpha value is -1.49. The molecule has 1 aromatic rings. The third-order valence-electron chi connectivity index (χ3n) is 1.63. The van der Waals surface area contributed by atoms with Gasteiger partial charge in [0.25, 0.3) is 0 Å². The van der Waals surface area contributed by atoms with Crippen LogP contribution in [0, 0.1) is 0 Å². The summed E-state index contributed by atoms with van der Waals surface area (Å²) in [5.41, 5.74) is 0.757. The van der Waals surface area contributed by atoms with Crippen molar-refractivity contribution in [2.45, 2.75) is 0 Å². The van der Waals surface area contributed by atoms with E-state index in [1.54, 1.807) is 19.2 Å². The SMILES string of the molecule is COc1cc(N/C=C/C(=O)O)ccc1Br. The topological polar surface area (TPSA) is 58.6 Å². The molecule has 0 aliphatic rings. The van der Waals surface area contributed by atoms with Gasteiger partial charge in [0, 0.05) is 24.0 Å². The normalized spacial score (nSPS) is 10.3. The summed E-state index contributed by atoms with van der Waals surface area (Å²) in [6.45, 7) is 0. The first-order valence-electron chi connectivity index (χ1n) is 4.13. The second-order valence-corrected chi connectivity index (χ2v) is 3.52. The molecule has 0 heterocycles. The lowest BCUT2D eigenvalue weighted by atomic mass is 10.3. The maximum absolute atomic E-state index is 10.2. The predicted octanol–water partition coefficient (Wildman–Crippen LogP) is 2.47. The molecule has 4 nitrogen and oxygen atoms in total. The van der Waals surface area contributed by atoms with E-state index in [2.05, 4.69) is 21.2 Å². The number of rotatable bonds is 4. The zero-order valence-electron chi connectivity index (χ0n) is 8.03. The molecular formula is C10H10BrNO3. The Labute approximate surface area is 95.7 Å². The monoisotopic (exact) mass is 271 g/mol. The van der Waals surface area contributed by atoms with Crippen LogP contribution in [-0.2, 0) is 4.79 Å². The highest BCUT2D eigenvalue weighted by molar-refractivity contribution is 9.10. The van der Waals surface area contributed by atoms with E-state index in [4.69, 9.17) is 9.84 Å². The maximum atomic E-state index is 10.2. The number of carboxylic acid groups (broad SMARTS) is 1. The largest absolute Gasteiger partial charge is 0.495 e. The molecule has 0 spiro atoms. The minimum absolute atomic E-state index is 0.684. The lowest BCUT2D eigenvalue weighted by Crippen LogP contribution is -1.93. The van der Waals surface area contributed by atoms with E-state index in [-0.39, 0.29) is 0 Å². The minimum atomic E-state index is -0.994. The van der Waals surface area contributed by atoms with Crippen LogP contribution in [0.25, 0.3) is 0 Å². The Bertz CT molecular complexity index is 390. The molecule has 0 saturated carbocycles. The first-order chi connectivity index (χ1) is 7.13. The smallest absolute Gasteiger partial charge is 0.329 e. The molecule has 0 bridgehead atoms. The third-order valence-corrected chi connectivity index (χ3v) is 2.28. The van der Waals surface area contributed by atoms with Gasteiger partial charge in [0.05, 0.1) is 11.6 Å². The molecule has 0 aliphatic heterocycles. The number of carboxylic acids is 1. The average Bonchev–Trinajstić information content (AvgIpc) is 2.20. The number of aliphatic carboxylic acids is 1. The van der Waals surface area contributed by atoms with E-state index < -0.39 is 5.97 Å². The molecule has 80 valence electrons. The Morgan fingerprint density at radius 2 is 2.33 bits per heavy atom. The van der Waals surface area contributed by atoms with Gasteiger partial charge in [-0.15, -0.1) is 0 Å². The molecule has 0 unspecified atom stereocenters. The molecule has 0 aliphatic carbocycles. The van der Waals surface area contributed by atoms with Gasteiger partial charge in [0.1, 0.15) is 5.75 Å². The summed E-state index contributed by atoms with van der Waals surface area (Å²) in [5, 5.41) is 11.2. The summed E-state index contributed by atoms with van der Waals surface area (Å²) >= 11 is 3.32. The molecule has 0 atom stereocenters. The zero-order chi connectivity index (χ0) is 11.3. The quantitative estimate of drug-likeness (QED) is 0.827. The van der Waals surface area contributed by atoms with Crippen molar-refractivity contribution in [2.75, 3.05) is 12.4 Å². The highest BCUT2D eigenvalue weighted by Gasteiger charge is 1.99. The maximum Gasteiger partial charge on any atom is 0.329 e. The van der Waals surface area contributed by atoms with Gasteiger partial charge in [-0.2, -0.15) is 0 Å². The highest BCUT2D eigenvalue weighted by Crippen LogP contribution is 2.27. The fourth-order valence-corrected chi connectivity index (χ4v) is 1.37. The van der Waals surface area contributed by atoms with E-state index in [9.17, 15) is 4.79 Å². The second-order valence-electron chi connectivity index (χ2n) is 2.67. The highest BCUT2D eigenvalue weighted by atomic mass is 79.9. The first-order valence-corrected chi connectivity index (χ1v) is 4.92. The molecule has 0 radical (unpaired) electrons. The van der Waals surface area contributed by atoms with Gasteiger partial charge in [-0.05, 0) is 28.1 Å². The van der Waals surface area contributed by atoms with Gasteiger partial charge in [-0.1, -0.05) is 0 Å². The average molecular weight is 272 g/mol. The Balaban J connectivity index is 2.74. The number of nitrogens with one attached hydrogen (secondary N) is 1. The van der Waals surface area contributed by atoms with E-state index >= 15 is 0 Å². The summed E-state index contributed by atoms with van der Waals surface area (Å²) < 4.78 is 5.93. The van der Waals surface area contributed by atoms with E-state index in [0.717, 1.165) is 16.2 Å². The number of carbonyl (C=O) groups is 1. The molecule has 0 amide bonds. The molecular weight excluding hydrogens is 262 g/mol. The van der Waals surface area contributed by atoms with Crippen molar-refractivity contribution in [3.8, 4) is 5.75 Å². The summed E-state index contributed by atoms with van der Waals surface area (Å²) in [6, 6.07) is 5.38. The van der Waals surface area contributed by atoms with Crippen LogP contribution in [0.1, 0.15) is 0 Å². The number of halogens is 1. The number of methoxy groups -OCH3 is 1. The van der Waals surface area contributed by atoms with E-state index in [1.807, 2.05) is 6.07 Å². The Kier molecular flexibility index (Phi) is 4.17. The van der Waals surface area contributed by atoms with Crippen LogP contribution >= 0.6 is 15.9 Å². The first kappa shape index (κ1) is 11.6. The lowest BCUT2D eigenvalue weighted by molar-refractivity contribution is -0.131. The number of anilines is 1. The van der Waals surface area contributed by atoms with Crippen LogP contribution < -0.4 is 10.1 Å². The van der Waals surface area contributed by atoms with Gasteiger partial charge in [0.2, 0.25) is 0 Å². The van der Waals surface area contributed by atoms with Gasteiger partial charge in [-0.25, -0.2) is 4.79 Å². The van der Waals surface area contributed by atoms with Crippen molar-refractivity contribution in [1.82, 2.24) is 0 Å². The summed E-state index contributed by atoms with van der Waals surface area (Å²) in [4.78, 5) is 10.2. The molecule has 5 heteroatoms. The standard InChI is InChI=1S/C10H10BrNO3/c1-15-9-6-7(2-3-8(9)11)12-5-4-10(13)14/h2-6,12H,1H3,(H,13,14)/b5-4+. The van der Waals surface area contributed by atoms with Crippen LogP contribution in [0.5, 0.6) is 5.75 Å². The Morgan fingerprint density at radius 1 is 1.60 bits per heavy atom. The van der Waals surface area contributed by atoms with Crippen LogP contribution in [-0.4, -0.2) is 18.2 Å². The number of hydrogen-bond donors (Lipinski definition) is 2. The lowest BCUT2D eigenvalue weighted by Gasteiger charge is -2.05. The molecule has 1 aromatic carbocycles. The van der Waals surface area contributed by atoms with Crippen molar-refractivity contribution in [1.29, 1.82) is 0 Å². The molecule has 1 rings (SSSR count). The molecule has 15 heavy (non-hydrogen) atoms. The van der Waals surface area contributed by atoms with Gasteiger partial charge >= 0.3 is 5.97 Å². The van der Waals surface area contributed by atoms with Crippen molar-refractivity contribution < 1.29 is 14.6 Å². The molecule has 0 aromatic heterocycles. The fraction of sp³-hybridized carbons (Fsp3) is 0.100. The fourth-order valence-electron chi connectivity index (χ4n) is 0.959. The minimum Gasteiger partial charge on any atom is -0.495 e. The predicted molar refractivity (Wildman–Crippen MR) is 61.1 cm³/mol. The van der Waals surface area contributed by atoms with E-state index in [0.29, 0.717) is 5.75 Å². The van der Waals surface area contributed by atoms with Crippen molar-refractivity contribution >= 4 is 27.6 Å². The van der Waals surface area contributed by atoms with Crippen molar-refractivity contribution in [3.05, 3.63) is 34.9 Å². The van der Waals surface area contributed by atoms with Crippen molar-refractivity contribution in [3.63, 3.8) is 0 Å². The summed E-state index contributed by atoms with van der Waals surface area (Å²) in [7, 11) is 1.57. The van der Waals surface area contributed by atoms with Crippen LogP contribution in [0.4, 0.5) is 5.69 Å². The third kappa shape index (κ3) is 3.63. The van der Waals surface area contributed by atoms with Gasteiger partial charge in [0.15, 0.2) is 0 Å². The summed E-state index contributed by atoms with van der Waals surface area (Å²) in [6.07, 6.45) is 2.37. The number of hydrogen-bond acceptors (Lipinski definition) is 3. The molecule has 0 fully saturated rings. The summed E-state index contributed by atoms with van der Waals surface area (Å²) in [5.74, 6) is -0.310. The van der Waals surface area contributed by atoms with Gasteiger partial charge < -0.3 is 15.2 Å². The van der Waals surface area contributed by atoms with Crippen LogP contribution in [0.3, 0.4) is 0 Å². The van der Waals surface area contributed by atoms with Crippen LogP contribution in [0.2, 0.25) is 0 Å². The number of ether oxygens (including phenoxy) is 1. The molecule has 2 N–H and O–H groups in total. The van der Waals surface area contributed by atoms with E-state index in [1.165, 1.54) is 6.20 Å². The Morgan fingerprint density at radius 3 is 2.93 bits per heavy atom.